The van der Waals surface area contributed by atoms with Crippen LogP contribution in [-0.2, 0) is 28.6 Å². The summed E-state index contributed by atoms with van der Waals surface area (Å²) >= 11 is 0. The van der Waals surface area contributed by atoms with Gasteiger partial charge < -0.3 is 14.2 Å². The first-order chi connectivity index (χ1) is 31.0. The van der Waals surface area contributed by atoms with Crippen LogP contribution in [0.4, 0.5) is 0 Å². The van der Waals surface area contributed by atoms with Crippen molar-refractivity contribution < 1.29 is 28.6 Å². The number of hydrogen-bond donors (Lipinski definition) is 0. The van der Waals surface area contributed by atoms with Crippen LogP contribution in [0.25, 0.3) is 0 Å². The summed E-state index contributed by atoms with van der Waals surface area (Å²) in [7, 11) is 0. The molecule has 0 fully saturated rings. The van der Waals surface area contributed by atoms with Crippen molar-refractivity contribution in [1.82, 2.24) is 0 Å². The zero-order chi connectivity index (χ0) is 45.8. The lowest BCUT2D eigenvalue weighted by Crippen LogP contribution is -2.30. The van der Waals surface area contributed by atoms with Crippen molar-refractivity contribution in [1.29, 1.82) is 0 Å². The van der Waals surface area contributed by atoms with E-state index < -0.39 is 6.10 Å². The number of esters is 3. The van der Waals surface area contributed by atoms with Crippen LogP contribution in [-0.4, -0.2) is 37.2 Å². The fourth-order valence-corrected chi connectivity index (χ4v) is 7.49. The molecule has 1 atom stereocenters. The maximum Gasteiger partial charge on any atom is 0.306 e. The Hall–Kier alpha value is -2.89. The van der Waals surface area contributed by atoms with E-state index in [0.29, 0.717) is 19.3 Å². The van der Waals surface area contributed by atoms with Gasteiger partial charge in [-0.3, -0.25) is 14.4 Å². The molecule has 0 radical (unpaired) electrons. The lowest BCUT2D eigenvalue weighted by Gasteiger charge is -2.18. The summed E-state index contributed by atoms with van der Waals surface area (Å²) in [6.07, 6.45) is 64.1. The molecule has 0 saturated heterocycles. The Morgan fingerprint density at radius 2 is 0.619 bits per heavy atom. The first kappa shape index (κ1) is 60.1. The Labute approximate surface area is 390 Å². The average molecular weight is 881 g/mol. The molecule has 0 rings (SSSR count). The third-order valence-corrected chi connectivity index (χ3v) is 11.5. The fourth-order valence-electron chi connectivity index (χ4n) is 7.49. The highest BCUT2D eigenvalue weighted by Gasteiger charge is 2.19. The van der Waals surface area contributed by atoms with Gasteiger partial charge in [-0.1, -0.05) is 223 Å². The van der Waals surface area contributed by atoms with Crippen molar-refractivity contribution >= 4 is 17.9 Å². The molecule has 6 heteroatoms. The fraction of sp³-hybridized carbons (Fsp3) is 0.772. The van der Waals surface area contributed by atoms with Crippen molar-refractivity contribution in [2.45, 2.75) is 271 Å². The highest BCUT2D eigenvalue weighted by molar-refractivity contribution is 5.71. The van der Waals surface area contributed by atoms with Crippen molar-refractivity contribution in [3.05, 3.63) is 60.8 Å². The molecule has 0 aromatic rings. The molecule has 0 amide bonds. The number of allylic oxidation sites excluding steroid dienone is 10. The Morgan fingerprint density at radius 1 is 0.333 bits per heavy atom. The number of hydrogen-bond acceptors (Lipinski definition) is 6. The normalized spacial score (nSPS) is 12.5. The van der Waals surface area contributed by atoms with Gasteiger partial charge in [-0.25, -0.2) is 0 Å². The molecule has 364 valence electrons. The maximum atomic E-state index is 12.7. The van der Waals surface area contributed by atoms with Gasteiger partial charge in [-0.2, -0.15) is 0 Å². The summed E-state index contributed by atoms with van der Waals surface area (Å²) in [4.78, 5) is 37.6. The summed E-state index contributed by atoms with van der Waals surface area (Å²) in [6.45, 7) is 6.41. The third kappa shape index (κ3) is 50.0. The van der Waals surface area contributed by atoms with Crippen LogP contribution in [0.3, 0.4) is 0 Å². The van der Waals surface area contributed by atoms with Gasteiger partial charge in [0.2, 0.25) is 0 Å². The van der Waals surface area contributed by atoms with E-state index >= 15 is 0 Å². The Morgan fingerprint density at radius 3 is 1.02 bits per heavy atom. The number of carbonyl (C=O) groups excluding carboxylic acids is 3. The third-order valence-electron chi connectivity index (χ3n) is 11.5. The van der Waals surface area contributed by atoms with E-state index in [1.165, 1.54) is 135 Å². The largest absolute Gasteiger partial charge is 0.462 e. The van der Waals surface area contributed by atoms with Gasteiger partial charge in [0.05, 0.1) is 0 Å². The van der Waals surface area contributed by atoms with Gasteiger partial charge >= 0.3 is 17.9 Å². The van der Waals surface area contributed by atoms with Gasteiger partial charge in [0, 0.05) is 19.3 Å². The minimum Gasteiger partial charge on any atom is -0.462 e. The molecule has 0 aromatic heterocycles. The molecule has 0 aliphatic carbocycles. The summed E-state index contributed by atoms with van der Waals surface area (Å²) in [5, 5.41) is 0. The molecule has 0 N–H and O–H groups in total. The molecule has 0 bridgehead atoms. The Kier molecular flexibility index (Phi) is 49.4. The topological polar surface area (TPSA) is 78.9 Å². The predicted molar refractivity (Wildman–Crippen MR) is 270 cm³/mol. The van der Waals surface area contributed by atoms with Crippen LogP contribution in [0.15, 0.2) is 60.8 Å². The molecule has 0 spiro atoms. The van der Waals surface area contributed by atoms with Crippen molar-refractivity contribution in [3.8, 4) is 0 Å². The molecule has 1 unspecified atom stereocenters. The molecule has 0 aliphatic heterocycles. The quantitative estimate of drug-likeness (QED) is 0.0262. The summed E-state index contributed by atoms with van der Waals surface area (Å²) in [6, 6.07) is 0. The minimum atomic E-state index is -0.790. The predicted octanol–water partition coefficient (Wildman–Crippen LogP) is 17.6. The summed E-state index contributed by atoms with van der Waals surface area (Å²) in [5.41, 5.74) is 0. The van der Waals surface area contributed by atoms with Crippen LogP contribution in [0.5, 0.6) is 0 Å². The van der Waals surface area contributed by atoms with E-state index in [9.17, 15) is 14.4 Å². The Balaban J connectivity index is 4.09. The zero-order valence-electron chi connectivity index (χ0n) is 41.6. The van der Waals surface area contributed by atoms with E-state index in [0.717, 1.165) is 83.5 Å². The smallest absolute Gasteiger partial charge is 0.306 e. The molecule has 0 saturated carbocycles. The van der Waals surface area contributed by atoms with Crippen molar-refractivity contribution in [2.75, 3.05) is 13.2 Å². The van der Waals surface area contributed by atoms with Gasteiger partial charge in [0.15, 0.2) is 6.10 Å². The van der Waals surface area contributed by atoms with Gasteiger partial charge in [0.25, 0.3) is 0 Å². The van der Waals surface area contributed by atoms with E-state index in [2.05, 4.69) is 81.5 Å². The Bertz CT molecular complexity index is 1150. The molecule has 63 heavy (non-hydrogen) atoms. The molecule has 0 aliphatic rings. The van der Waals surface area contributed by atoms with Crippen molar-refractivity contribution in [2.24, 2.45) is 0 Å². The van der Waals surface area contributed by atoms with Crippen LogP contribution in [0.1, 0.15) is 265 Å². The number of unbranched alkanes of at least 4 members (excludes halogenated alkanes) is 27. The molecular formula is C57H100O6. The molecule has 0 aromatic carbocycles. The second-order valence-electron chi connectivity index (χ2n) is 17.8. The lowest BCUT2D eigenvalue weighted by molar-refractivity contribution is -0.167. The number of rotatable bonds is 48. The molecule has 6 nitrogen and oxygen atoms in total. The molecule has 0 heterocycles. The highest BCUT2D eigenvalue weighted by atomic mass is 16.6. The maximum absolute atomic E-state index is 12.7. The highest BCUT2D eigenvalue weighted by Crippen LogP contribution is 2.15. The first-order valence-electron chi connectivity index (χ1n) is 26.8. The molecular weight excluding hydrogens is 781 g/mol. The van der Waals surface area contributed by atoms with E-state index in [-0.39, 0.29) is 37.5 Å². The van der Waals surface area contributed by atoms with E-state index in [1.807, 2.05) is 0 Å². The van der Waals surface area contributed by atoms with E-state index in [1.54, 1.807) is 0 Å². The van der Waals surface area contributed by atoms with Gasteiger partial charge in [0.1, 0.15) is 13.2 Å². The van der Waals surface area contributed by atoms with Crippen LogP contribution < -0.4 is 0 Å². The average Bonchev–Trinajstić information content (AvgIpc) is 3.28. The second-order valence-corrected chi connectivity index (χ2v) is 17.8. The minimum absolute atomic E-state index is 0.0902. The van der Waals surface area contributed by atoms with Crippen LogP contribution >= 0.6 is 0 Å². The number of ether oxygens (including phenoxy) is 3. The zero-order valence-corrected chi connectivity index (χ0v) is 41.6. The van der Waals surface area contributed by atoms with Crippen molar-refractivity contribution in [3.63, 3.8) is 0 Å². The second kappa shape index (κ2) is 51.7. The SMILES string of the molecule is CC/C=C\C/C=C\C/C=C\C/C=C\CCCCC(=O)OC(COC(=O)CCCCCCC)COC(=O)CCCCCCCCCCCCCCC/C=C\CCCCCCCCCC. The van der Waals surface area contributed by atoms with Crippen LogP contribution in [0, 0.1) is 0 Å². The summed E-state index contributed by atoms with van der Waals surface area (Å²) < 4.78 is 16.6. The standard InChI is InChI=1S/C57H100O6/c1-4-7-10-13-15-17-19-21-23-24-25-26-27-28-29-30-31-32-34-35-37-39-41-44-47-50-56(59)62-53-54(52-61-55(58)49-46-43-12-9-6-3)63-57(60)51-48-45-42-40-38-36-33-22-20-18-16-14-11-8-5-2/h8,11,16,18,22,24-25,33,38,40,54H,4-7,9-10,12-15,17,19-21,23,26-32,34-37,39,41-53H2,1-3H3/b11-8-,18-16-,25-24-,33-22-,40-38-. The number of carbonyl (C=O) groups is 3. The van der Waals surface area contributed by atoms with E-state index in [4.69, 9.17) is 14.2 Å². The van der Waals surface area contributed by atoms with Gasteiger partial charge in [-0.15, -0.1) is 0 Å². The first-order valence-corrected chi connectivity index (χ1v) is 26.8. The summed E-state index contributed by atoms with van der Waals surface area (Å²) in [5.74, 6) is -0.943. The van der Waals surface area contributed by atoms with Crippen LogP contribution in [0.2, 0.25) is 0 Å². The monoisotopic (exact) mass is 881 g/mol. The lowest BCUT2D eigenvalue weighted by atomic mass is 10.0. The van der Waals surface area contributed by atoms with Gasteiger partial charge in [-0.05, 0) is 83.5 Å².